The SMILES string of the molecule is CC#CC[C@@H](C)[C@@H](O)[C@H]1C(=O)N[C@@H](CC)C(=O)N(C)CC(=O)N(C)[C@@H](CC(C)C)C(=O)N[C@@H](C(C)C)C(=O)N(C)[C@@H](CC(C)C)C(=O)N[C@@H](C)C(=O)N[C@@H](C)C(=O)N(C)[C@@H](CC(C)C)C(=O)N(C)[C@@H](CC(C)C)C(=O)N(C)[C@@H](C(C)C)C(=O)N1C. The van der Waals surface area contributed by atoms with Crippen LogP contribution in [0.25, 0.3) is 0 Å². The molecule has 0 radical (unpaired) electrons. The molecule has 85 heavy (non-hydrogen) atoms. The summed E-state index contributed by atoms with van der Waals surface area (Å²) in [6, 6.07) is -12.4. The van der Waals surface area contributed by atoms with Crippen molar-refractivity contribution in [2.75, 3.05) is 55.9 Å². The first-order chi connectivity index (χ1) is 39.2. The molecule has 1 aliphatic rings. The van der Waals surface area contributed by atoms with E-state index in [9.17, 15) is 48.3 Å². The molecule has 5 N–H and O–H groups in total. The highest BCUT2D eigenvalue weighted by Crippen LogP contribution is 2.25. The number of amides is 11. The standard InChI is InChI=1S/C62H109N11O12/c1-25-27-28-40(15)52(75)51-56(79)65-43(26-2)58(81)67(18)33-48(74)68(19)44(29-34(3)4)55(78)66-49(38(11)12)61(84)69(20)45(30-35(5)6)54(77)63-41(16)53(76)64-42(17)57(80)70(21)46(31-36(7)8)59(82)71(22)47(32-37(9)10)60(83)72(23)50(39(13)14)62(85)73(51)24/h34-47,49-52,75H,26,28-33H2,1-24H3,(H,63,77)(H,64,76)(H,65,79)(H,66,78)/t40-,41+,42+,43+,44+,45+,46+,47+,49+,50+,51+,52-/m1/s1. The van der Waals surface area contributed by atoms with Gasteiger partial charge in [-0.3, -0.25) is 52.7 Å². The number of likely N-dealkylation sites (N-methyl/N-ethyl adjacent to an activating group) is 7. The first-order valence-corrected chi connectivity index (χ1v) is 30.3. The van der Waals surface area contributed by atoms with Crippen molar-refractivity contribution >= 4 is 65.0 Å². The van der Waals surface area contributed by atoms with Gasteiger partial charge in [0.1, 0.15) is 60.4 Å². The van der Waals surface area contributed by atoms with Gasteiger partial charge in [-0.2, -0.15) is 0 Å². The minimum absolute atomic E-state index is 0.0117. The van der Waals surface area contributed by atoms with Gasteiger partial charge in [-0.1, -0.05) is 96.9 Å². The number of nitrogens with zero attached hydrogens (tertiary/aromatic N) is 7. The van der Waals surface area contributed by atoms with E-state index in [4.69, 9.17) is 0 Å². The number of hydrogen-bond donors (Lipinski definition) is 5. The molecular formula is C62H109N11O12. The van der Waals surface area contributed by atoms with Crippen molar-refractivity contribution in [3.8, 4) is 11.8 Å². The fourth-order valence-electron chi connectivity index (χ4n) is 10.6. The van der Waals surface area contributed by atoms with Gasteiger partial charge in [0, 0.05) is 55.8 Å². The summed E-state index contributed by atoms with van der Waals surface area (Å²) in [5.74, 6) is -4.21. The summed E-state index contributed by atoms with van der Waals surface area (Å²) in [7, 11) is 9.86. The third kappa shape index (κ3) is 21.6. The van der Waals surface area contributed by atoms with Crippen LogP contribution in [0.5, 0.6) is 0 Å². The van der Waals surface area contributed by atoms with Crippen LogP contribution in [-0.2, 0) is 52.7 Å². The van der Waals surface area contributed by atoms with Crippen LogP contribution in [0, 0.1) is 53.3 Å². The highest BCUT2D eigenvalue weighted by atomic mass is 16.3. The van der Waals surface area contributed by atoms with Crippen molar-refractivity contribution in [2.45, 2.75) is 223 Å². The third-order valence-electron chi connectivity index (χ3n) is 15.9. The summed E-state index contributed by atoms with van der Waals surface area (Å²) in [5, 5.41) is 23.0. The van der Waals surface area contributed by atoms with Gasteiger partial charge in [0.05, 0.1) is 12.6 Å². The fraction of sp³-hybridized carbons (Fsp3) is 0.790. The normalized spacial score (nSPS) is 26.6. The molecule has 484 valence electrons. The van der Waals surface area contributed by atoms with Gasteiger partial charge in [0.25, 0.3) is 0 Å². The number of nitrogens with one attached hydrogen (secondary N) is 4. The Morgan fingerprint density at radius 1 is 0.459 bits per heavy atom. The van der Waals surface area contributed by atoms with E-state index in [0.717, 1.165) is 9.80 Å². The van der Waals surface area contributed by atoms with E-state index < -0.39 is 156 Å². The smallest absolute Gasteiger partial charge is 0.246 e. The molecule has 0 spiro atoms. The van der Waals surface area contributed by atoms with Crippen LogP contribution >= 0.6 is 0 Å². The monoisotopic (exact) mass is 1200 g/mol. The summed E-state index contributed by atoms with van der Waals surface area (Å²) in [4.78, 5) is 168. The molecule has 0 aromatic rings. The molecule has 1 rings (SSSR count). The molecule has 0 bridgehead atoms. The average Bonchev–Trinajstić information content (AvgIpc) is 3.62. The number of aliphatic hydroxyl groups excluding tert-OH is 1. The third-order valence-corrected chi connectivity index (χ3v) is 15.9. The van der Waals surface area contributed by atoms with Gasteiger partial charge < -0.3 is 60.7 Å². The van der Waals surface area contributed by atoms with Crippen molar-refractivity contribution < 1.29 is 57.8 Å². The Hall–Kier alpha value is -6.31. The lowest BCUT2D eigenvalue weighted by Crippen LogP contribution is -2.63. The minimum Gasteiger partial charge on any atom is -0.390 e. The van der Waals surface area contributed by atoms with Crippen molar-refractivity contribution in [3.05, 3.63) is 0 Å². The van der Waals surface area contributed by atoms with Gasteiger partial charge in [0.2, 0.25) is 65.0 Å². The molecule has 23 heteroatoms. The van der Waals surface area contributed by atoms with Crippen LogP contribution in [0.4, 0.5) is 0 Å². The molecule has 12 atom stereocenters. The second kappa shape index (κ2) is 34.7. The first kappa shape index (κ1) is 76.7. The second-order valence-electron chi connectivity index (χ2n) is 25.9. The second-order valence-corrected chi connectivity index (χ2v) is 25.9. The quantitative estimate of drug-likeness (QED) is 0.157. The highest BCUT2D eigenvalue weighted by molar-refractivity contribution is 5.99. The zero-order chi connectivity index (χ0) is 66.0. The molecule has 1 aliphatic heterocycles. The number of rotatable bonds is 14. The van der Waals surface area contributed by atoms with Crippen LogP contribution < -0.4 is 21.3 Å². The van der Waals surface area contributed by atoms with Gasteiger partial charge >= 0.3 is 0 Å². The molecule has 1 heterocycles. The van der Waals surface area contributed by atoms with E-state index in [1.165, 1.54) is 87.7 Å². The molecule has 1 fully saturated rings. The zero-order valence-electron chi connectivity index (χ0n) is 55.9. The molecule has 0 aliphatic carbocycles. The van der Waals surface area contributed by atoms with Crippen LogP contribution in [0.3, 0.4) is 0 Å². The molecule has 11 amide bonds. The Kier molecular flexibility index (Phi) is 31.3. The molecule has 0 aromatic carbocycles. The fourth-order valence-corrected chi connectivity index (χ4v) is 10.6. The average molecular weight is 1200 g/mol. The Bertz CT molecular complexity index is 2380. The topological polar surface area (TPSA) is 279 Å². The largest absolute Gasteiger partial charge is 0.390 e. The summed E-state index contributed by atoms with van der Waals surface area (Å²) in [6.07, 6.45) is -0.809. The first-order valence-electron chi connectivity index (χ1n) is 30.3. The van der Waals surface area contributed by atoms with Gasteiger partial charge in [0.15, 0.2) is 0 Å². The summed E-state index contributed by atoms with van der Waals surface area (Å²) in [6.45, 7) is 29.0. The van der Waals surface area contributed by atoms with Gasteiger partial charge in [-0.15, -0.1) is 11.8 Å². The van der Waals surface area contributed by atoms with Crippen molar-refractivity contribution in [3.63, 3.8) is 0 Å². The summed E-state index contributed by atoms with van der Waals surface area (Å²) in [5.41, 5.74) is 0. The molecular weight excluding hydrogens is 1090 g/mol. The van der Waals surface area contributed by atoms with Crippen molar-refractivity contribution in [2.24, 2.45) is 41.4 Å². The van der Waals surface area contributed by atoms with Gasteiger partial charge in [-0.05, 0) is 94.3 Å². The zero-order valence-corrected chi connectivity index (χ0v) is 55.9. The lowest BCUT2D eigenvalue weighted by molar-refractivity contribution is -0.157. The van der Waals surface area contributed by atoms with E-state index in [2.05, 4.69) is 33.1 Å². The van der Waals surface area contributed by atoms with Crippen molar-refractivity contribution in [1.82, 2.24) is 55.6 Å². The Labute approximate surface area is 508 Å². The maximum atomic E-state index is 15.1. The maximum absolute atomic E-state index is 15.1. The predicted octanol–water partition coefficient (Wildman–Crippen LogP) is 2.72. The van der Waals surface area contributed by atoms with Crippen LogP contribution in [-0.4, -0.2) is 227 Å². The Balaban J connectivity index is 4.32. The maximum Gasteiger partial charge on any atom is 0.246 e. The Morgan fingerprint density at radius 2 is 0.871 bits per heavy atom. The molecule has 0 aromatic heterocycles. The predicted molar refractivity (Wildman–Crippen MR) is 327 cm³/mol. The van der Waals surface area contributed by atoms with E-state index in [0.29, 0.717) is 0 Å². The van der Waals surface area contributed by atoms with E-state index in [1.54, 1.807) is 48.5 Å². The van der Waals surface area contributed by atoms with Crippen LogP contribution in [0.1, 0.15) is 156 Å². The summed E-state index contributed by atoms with van der Waals surface area (Å²) >= 11 is 0. The lowest BCUT2D eigenvalue weighted by atomic mass is 9.91. The van der Waals surface area contributed by atoms with Crippen LogP contribution in [0.2, 0.25) is 0 Å². The number of carbonyl (C=O) groups excluding carboxylic acids is 11. The van der Waals surface area contributed by atoms with Gasteiger partial charge in [-0.25, -0.2) is 0 Å². The summed E-state index contributed by atoms with van der Waals surface area (Å²) < 4.78 is 0. The number of aliphatic hydroxyl groups is 1. The van der Waals surface area contributed by atoms with E-state index in [1.807, 2.05) is 55.4 Å². The van der Waals surface area contributed by atoms with E-state index >= 15 is 9.59 Å². The Morgan fingerprint density at radius 3 is 1.32 bits per heavy atom. The molecule has 0 saturated carbocycles. The molecule has 23 nitrogen and oxygen atoms in total. The highest BCUT2D eigenvalue weighted by Gasteiger charge is 2.45. The minimum atomic E-state index is -1.64. The van der Waals surface area contributed by atoms with E-state index in [-0.39, 0.29) is 62.2 Å². The number of hydrogen-bond acceptors (Lipinski definition) is 12. The lowest BCUT2D eigenvalue weighted by Gasteiger charge is -2.41. The molecule has 1 saturated heterocycles. The van der Waals surface area contributed by atoms with Crippen LogP contribution in [0.15, 0.2) is 0 Å². The number of carbonyl (C=O) groups is 11. The van der Waals surface area contributed by atoms with Crippen molar-refractivity contribution in [1.29, 1.82) is 0 Å². The molecule has 0 unspecified atom stereocenters.